The number of imidazole rings is 1. The number of nitrogens with one attached hydrogen (secondary N) is 1. The van der Waals surface area contributed by atoms with Gasteiger partial charge in [0.05, 0.1) is 12.9 Å². The molecule has 0 unspecified atom stereocenters. The summed E-state index contributed by atoms with van der Waals surface area (Å²) in [6.45, 7) is 8.41. The molecule has 21 heavy (non-hydrogen) atoms. The smallest absolute Gasteiger partial charge is 0.125 e. The fourth-order valence-corrected chi connectivity index (χ4v) is 2.11. The lowest BCUT2D eigenvalue weighted by Gasteiger charge is -2.22. The molecule has 1 aromatic heterocycles. The lowest BCUT2D eigenvalue weighted by molar-refractivity contribution is 0.293. The number of nitrogens with zero attached hydrogens (tertiary/aromatic N) is 2. The Balaban J connectivity index is 1.99. The van der Waals surface area contributed by atoms with Gasteiger partial charge in [-0.1, -0.05) is 17.7 Å². The highest BCUT2D eigenvalue weighted by molar-refractivity contribution is 6.31. The van der Waals surface area contributed by atoms with E-state index in [1.54, 1.807) is 12.5 Å². The minimum absolute atomic E-state index is 0.0350. The van der Waals surface area contributed by atoms with Crippen molar-refractivity contribution in [1.82, 2.24) is 14.9 Å². The van der Waals surface area contributed by atoms with Gasteiger partial charge in [0.2, 0.25) is 0 Å². The van der Waals surface area contributed by atoms with Crippen LogP contribution in [0.15, 0.2) is 36.9 Å². The largest absolute Gasteiger partial charge is 0.491 e. The van der Waals surface area contributed by atoms with Crippen molar-refractivity contribution < 1.29 is 4.74 Å². The molecule has 0 saturated carbocycles. The van der Waals surface area contributed by atoms with E-state index >= 15 is 0 Å². The molecule has 4 nitrogen and oxygen atoms in total. The molecule has 0 saturated heterocycles. The maximum absolute atomic E-state index is 6.30. The Morgan fingerprint density at radius 1 is 1.33 bits per heavy atom. The molecule has 0 aliphatic rings. The number of hydrogen-bond acceptors (Lipinski definition) is 3. The van der Waals surface area contributed by atoms with Crippen LogP contribution in [0.2, 0.25) is 5.02 Å². The quantitative estimate of drug-likeness (QED) is 0.887. The number of hydrogen-bond donors (Lipinski definition) is 1. The average molecular weight is 308 g/mol. The van der Waals surface area contributed by atoms with Crippen molar-refractivity contribution in [3.63, 3.8) is 0 Å². The van der Waals surface area contributed by atoms with Gasteiger partial charge in [-0.3, -0.25) is 0 Å². The molecule has 0 fully saturated rings. The Hall–Kier alpha value is -1.52. The second-order valence-corrected chi connectivity index (χ2v) is 6.38. The zero-order chi connectivity index (χ0) is 15.3. The fourth-order valence-electron chi connectivity index (χ4n) is 1.88. The van der Waals surface area contributed by atoms with Crippen LogP contribution >= 0.6 is 11.6 Å². The number of halogens is 1. The molecule has 0 spiro atoms. The van der Waals surface area contributed by atoms with Gasteiger partial charge < -0.3 is 14.6 Å². The molecule has 0 atom stereocenters. The number of aromatic nitrogens is 2. The van der Waals surface area contributed by atoms with Gasteiger partial charge in [-0.05, 0) is 32.9 Å². The summed E-state index contributed by atoms with van der Waals surface area (Å²) in [4.78, 5) is 4.01. The van der Waals surface area contributed by atoms with Crippen molar-refractivity contribution in [1.29, 1.82) is 0 Å². The Labute approximate surface area is 131 Å². The summed E-state index contributed by atoms with van der Waals surface area (Å²) in [5.41, 5.74) is 1.03. The topological polar surface area (TPSA) is 39.1 Å². The van der Waals surface area contributed by atoms with E-state index in [-0.39, 0.29) is 5.54 Å². The molecule has 114 valence electrons. The number of rotatable bonds is 6. The van der Waals surface area contributed by atoms with Crippen molar-refractivity contribution in [2.45, 2.75) is 39.4 Å². The van der Waals surface area contributed by atoms with E-state index in [1.165, 1.54) is 0 Å². The molecule has 0 radical (unpaired) electrons. The number of benzene rings is 1. The standard InChI is InChI=1S/C16H22ClN3O/c1-16(2,3)19-11-13-14(17)5-4-6-15(13)21-10-9-20-8-7-18-12-20/h4-8,12,19H,9-11H2,1-3H3. The molecule has 0 aliphatic carbocycles. The van der Waals surface area contributed by atoms with E-state index in [9.17, 15) is 0 Å². The molecular weight excluding hydrogens is 286 g/mol. The van der Waals surface area contributed by atoms with Crippen molar-refractivity contribution >= 4 is 11.6 Å². The van der Waals surface area contributed by atoms with Crippen LogP contribution in [0.3, 0.4) is 0 Å². The van der Waals surface area contributed by atoms with E-state index in [1.807, 2.05) is 29.0 Å². The molecule has 1 aromatic carbocycles. The first-order valence-electron chi connectivity index (χ1n) is 7.07. The van der Waals surface area contributed by atoms with Crippen LogP contribution in [0.5, 0.6) is 5.75 Å². The van der Waals surface area contributed by atoms with Crippen molar-refractivity contribution in [2.24, 2.45) is 0 Å². The van der Waals surface area contributed by atoms with E-state index in [0.29, 0.717) is 13.2 Å². The zero-order valence-corrected chi connectivity index (χ0v) is 13.5. The summed E-state index contributed by atoms with van der Waals surface area (Å²) in [5.74, 6) is 0.833. The molecule has 0 amide bonds. The molecular formula is C16H22ClN3O. The Kier molecular flexibility index (Phi) is 5.26. The van der Waals surface area contributed by atoms with Crippen molar-refractivity contribution in [3.05, 3.63) is 47.5 Å². The monoisotopic (exact) mass is 307 g/mol. The zero-order valence-electron chi connectivity index (χ0n) is 12.8. The fraction of sp³-hybridized carbons (Fsp3) is 0.438. The lowest BCUT2D eigenvalue weighted by Crippen LogP contribution is -2.35. The first-order chi connectivity index (χ1) is 9.96. The maximum Gasteiger partial charge on any atom is 0.125 e. The summed E-state index contributed by atoms with van der Waals surface area (Å²) in [6.07, 6.45) is 5.46. The van der Waals surface area contributed by atoms with Crippen molar-refractivity contribution in [2.75, 3.05) is 6.61 Å². The van der Waals surface area contributed by atoms with Gasteiger partial charge in [0.25, 0.3) is 0 Å². The normalized spacial score (nSPS) is 11.6. The van der Waals surface area contributed by atoms with Crippen LogP contribution in [-0.2, 0) is 13.1 Å². The van der Waals surface area contributed by atoms with Gasteiger partial charge in [0.15, 0.2) is 0 Å². The SMILES string of the molecule is CC(C)(C)NCc1c(Cl)cccc1OCCn1ccnc1. The second kappa shape index (κ2) is 6.96. The summed E-state index contributed by atoms with van der Waals surface area (Å²) < 4.78 is 7.87. The summed E-state index contributed by atoms with van der Waals surface area (Å²) in [5, 5.41) is 4.17. The molecule has 5 heteroatoms. The Bertz CT molecular complexity index is 561. The third-order valence-corrected chi connectivity index (χ3v) is 3.39. The molecule has 2 rings (SSSR count). The molecule has 0 bridgehead atoms. The van der Waals surface area contributed by atoms with Crippen LogP contribution < -0.4 is 10.1 Å². The van der Waals surface area contributed by atoms with E-state index in [2.05, 4.69) is 31.1 Å². The number of ether oxygens (including phenoxy) is 1. The molecule has 2 aromatic rings. The molecule has 1 heterocycles. The van der Waals surface area contributed by atoms with E-state index in [4.69, 9.17) is 16.3 Å². The van der Waals surface area contributed by atoms with Crippen LogP contribution in [0.4, 0.5) is 0 Å². The van der Waals surface area contributed by atoms with E-state index in [0.717, 1.165) is 22.9 Å². The highest BCUT2D eigenvalue weighted by Crippen LogP contribution is 2.27. The first kappa shape index (κ1) is 15.9. The maximum atomic E-state index is 6.30. The third kappa shape index (κ3) is 5.06. The summed E-state index contributed by atoms with van der Waals surface area (Å²) in [6, 6.07) is 5.76. The molecule has 1 N–H and O–H groups in total. The van der Waals surface area contributed by atoms with Gasteiger partial charge in [0.1, 0.15) is 12.4 Å². The van der Waals surface area contributed by atoms with E-state index < -0.39 is 0 Å². The predicted molar refractivity (Wildman–Crippen MR) is 85.8 cm³/mol. The third-order valence-electron chi connectivity index (χ3n) is 3.04. The predicted octanol–water partition coefficient (Wildman–Crippen LogP) is 3.50. The van der Waals surface area contributed by atoms with Crippen LogP contribution in [0.1, 0.15) is 26.3 Å². The van der Waals surface area contributed by atoms with Crippen LogP contribution in [-0.4, -0.2) is 21.7 Å². The lowest BCUT2D eigenvalue weighted by atomic mass is 10.1. The van der Waals surface area contributed by atoms with Gasteiger partial charge in [-0.25, -0.2) is 4.98 Å². The van der Waals surface area contributed by atoms with Gasteiger partial charge in [-0.15, -0.1) is 0 Å². The van der Waals surface area contributed by atoms with Gasteiger partial charge in [0, 0.05) is 35.1 Å². The molecule has 0 aliphatic heterocycles. The van der Waals surface area contributed by atoms with Gasteiger partial charge in [-0.2, -0.15) is 0 Å². The van der Waals surface area contributed by atoms with Crippen LogP contribution in [0.25, 0.3) is 0 Å². The Morgan fingerprint density at radius 2 is 2.14 bits per heavy atom. The summed E-state index contributed by atoms with van der Waals surface area (Å²) in [7, 11) is 0. The minimum Gasteiger partial charge on any atom is -0.491 e. The highest BCUT2D eigenvalue weighted by Gasteiger charge is 2.13. The highest BCUT2D eigenvalue weighted by atomic mass is 35.5. The van der Waals surface area contributed by atoms with Crippen LogP contribution in [0, 0.1) is 0 Å². The van der Waals surface area contributed by atoms with Crippen molar-refractivity contribution in [3.8, 4) is 5.75 Å². The Morgan fingerprint density at radius 3 is 2.81 bits per heavy atom. The summed E-state index contributed by atoms with van der Waals surface area (Å²) >= 11 is 6.30. The average Bonchev–Trinajstić information content (AvgIpc) is 2.90. The van der Waals surface area contributed by atoms with Gasteiger partial charge >= 0.3 is 0 Å². The first-order valence-corrected chi connectivity index (χ1v) is 7.44. The second-order valence-electron chi connectivity index (χ2n) is 5.97. The minimum atomic E-state index is 0.0350.